The van der Waals surface area contributed by atoms with Crippen molar-refractivity contribution in [2.75, 3.05) is 19.6 Å². The third kappa shape index (κ3) is 6.25. The van der Waals surface area contributed by atoms with Gasteiger partial charge < -0.3 is 10.6 Å². The number of nitrogens with one attached hydrogen (secondary N) is 2. The summed E-state index contributed by atoms with van der Waals surface area (Å²) in [5.74, 6) is -1.08. The standard InChI is InChI=1S/C18H20IN3O4/c19-14-6-4-5-13(11-14)18(26)21-12-15(23)20-9-2-1-3-10-22-16(24)7-8-17(22)25/h4-8,11H,1-3,9-10,12H2,(H,20,23)(H,21,26)/i19-2. The molecule has 1 aliphatic heterocycles. The summed E-state index contributed by atoms with van der Waals surface area (Å²) in [4.78, 5) is 47.6. The van der Waals surface area contributed by atoms with Crippen LogP contribution in [0.25, 0.3) is 0 Å². The monoisotopic (exact) mass is 467 g/mol. The third-order valence-corrected chi connectivity index (χ3v) is 4.45. The van der Waals surface area contributed by atoms with Gasteiger partial charge in [-0.05, 0) is 60.1 Å². The second kappa shape index (κ2) is 10.0. The molecule has 0 spiro atoms. The average Bonchev–Trinajstić information content (AvgIpc) is 2.94. The Hall–Kier alpha value is -2.23. The van der Waals surface area contributed by atoms with Crippen molar-refractivity contribution in [2.24, 2.45) is 0 Å². The Morgan fingerprint density at radius 2 is 1.73 bits per heavy atom. The van der Waals surface area contributed by atoms with Crippen LogP contribution in [-0.2, 0) is 14.4 Å². The number of imide groups is 1. The van der Waals surface area contributed by atoms with Crippen molar-refractivity contribution in [1.82, 2.24) is 15.5 Å². The van der Waals surface area contributed by atoms with Crippen molar-refractivity contribution in [3.8, 4) is 0 Å². The normalized spacial score (nSPS) is 13.2. The quantitative estimate of drug-likeness (QED) is 0.325. The Morgan fingerprint density at radius 1 is 1.00 bits per heavy atom. The van der Waals surface area contributed by atoms with Gasteiger partial charge in [-0.25, -0.2) is 0 Å². The highest BCUT2D eigenvalue weighted by Gasteiger charge is 2.22. The molecule has 0 atom stereocenters. The Morgan fingerprint density at radius 3 is 2.42 bits per heavy atom. The summed E-state index contributed by atoms with van der Waals surface area (Å²) >= 11 is 2.12. The zero-order chi connectivity index (χ0) is 18.9. The van der Waals surface area contributed by atoms with Gasteiger partial charge in [0.2, 0.25) is 5.91 Å². The van der Waals surface area contributed by atoms with E-state index in [4.69, 9.17) is 0 Å². The Labute approximate surface area is 165 Å². The first-order valence-electron chi connectivity index (χ1n) is 8.31. The molecule has 0 saturated carbocycles. The molecule has 0 aliphatic carbocycles. The minimum atomic E-state index is -0.285. The Kier molecular flexibility index (Phi) is 7.76. The molecule has 0 radical (unpaired) electrons. The molecule has 0 aromatic heterocycles. The van der Waals surface area contributed by atoms with Crippen LogP contribution in [0.3, 0.4) is 0 Å². The van der Waals surface area contributed by atoms with Crippen LogP contribution in [0.4, 0.5) is 0 Å². The number of carbonyl (C=O) groups is 4. The van der Waals surface area contributed by atoms with Crippen molar-refractivity contribution in [1.29, 1.82) is 0 Å². The van der Waals surface area contributed by atoms with Gasteiger partial charge in [0.1, 0.15) is 0 Å². The highest BCUT2D eigenvalue weighted by Crippen LogP contribution is 2.07. The van der Waals surface area contributed by atoms with E-state index in [1.807, 2.05) is 6.07 Å². The van der Waals surface area contributed by atoms with E-state index in [1.165, 1.54) is 17.1 Å². The molecule has 2 N–H and O–H groups in total. The number of unbranched alkanes of at least 4 members (excludes halogenated alkanes) is 2. The minimum absolute atomic E-state index is 0.0766. The fourth-order valence-corrected chi connectivity index (χ4v) is 2.95. The molecule has 4 amide bonds. The predicted molar refractivity (Wildman–Crippen MR) is 104 cm³/mol. The summed E-state index contributed by atoms with van der Waals surface area (Å²) in [6, 6.07) is 7.12. The van der Waals surface area contributed by atoms with Gasteiger partial charge in [0.15, 0.2) is 0 Å². The van der Waals surface area contributed by atoms with Crippen LogP contribution in [-0.4, -0.2) is 48.2 Å². The van der Waals surface area contributed by atoms with Crippen LogP contribution in [0.2, 0.25) is 0 Å². The lowest BCUT2D eigenvalue weighted by Gasteiger charge is -2.13. The number of hydrogen-bond donors (Lipinski definition) is 2. The molecule has 0 bridgehead atoms. The highest BCUT2D eigenvalue weighted by atomic mass is 125. The molecule has 1 aromatic carbocycles. The van der Waals surface area contributed by atoms with Gasteiger partial charge in [0.05, 0.1) is 6.54 Å². The second-order valence-corrected chi connectivity index (χ2v) is 7.01. The van der Waals surface area contributed by atoms with Crippen LogP contribution in [0, 0.1) is 3.57 Å². The van der Waals surface area contributed by atoms with Crippen molar-refractivity contribution in [3.63, 3.8) is 0 Å². The van der Waals surface area contributed by atoms with Crippen molar-refractivity contribution < 1.29 is 19.2 Å². The maximum absolute atomic E-state index is 11.9. The van der Waals surface area contributed by atoms with Crippen molar-refractivity contribution in [3.05, 3.63) is 45.6 Å². The molecule has 0 fully saturated rings. The fourth-order valence-electron chi connectivity index (χ4n) is 2.41. The van der Waals surface area contributed by atoms with Gasteiger partial charge in [-0.1, -0.05) is 6.07 Å². The predicted octanol–water partition coefficient (Wildman–Crippen LogP) is 1.23. The van der Waals surface area contributed by atoms with Gasteiger partial charge in [-0.3, -0.25) is 24.1 Å². The Balaban J connectivity index is 1.54. The average molecular weight is 467 g/mol. The zero-order valence-corrected chi connectivity index (χ0v) is 16.3. The highest BCUT2D eigenvalue weighted by molar-refractivity contribution is 14.1. The maximum Gasteiger partial charge on any atom is 0.253 e. The first-order valence-corrected chi connectivity index (χ1v) is 9.39. The van der Waals surface area contributed by atoms with Crippen LogP contribution in [0.1, 0.15) is 29.6 Å². The molecule has 26 heavy (non-hydrogen) atoms. The minimum Gasteiger partial charge on any atom is -0.355 e. The molecule has 7 nitrogen and oxygen atoms in total. The maximum atomic E-state index is 11.9. The molecular weight excluding hydrogens is 447 g/mol. The van der Waals surface area contributed by atoms with Gasteiger partial charge in [0, 0.05) is 34.4 Å². The fraction of sp³-hybridized carbons (Fsp3) is 0.333. The van der Waals surface area contributed by atoms with Crippen LogP contribution in [0.15, 0.2) is 36.4 Å². The van der Waals surface area contributed by atoms with E-state index < -0.39 is 0 Å². The first kappa shape index (κ1) is 20.1. The van der Waals surface area contributed by atoms with Crippen LogP contribution in [0.5, 0.6) is 0 Å². The van der Waals surface area contributed by atoms with Gasteiger partial charge in [-0.15, -0.1) is 0 Å². The number of amides is 4. The van der Waals surface area contributed by atoms with Crippen molar-refractivity contribution in [2.45, 2.75) is 19.3 Å². The molecule has 8 heteroatoms. The topological polar surface area (TPSA) is 95.6 Å². The smallest absolute Gasteiger partial charge is 0.253 e. The number of carbonyl (C=O) groups excluding carboxylic acids is 4. The van der Waals surface area contributed by atoms with Gasteiger partial charge in [-0.2, -0.15) is 0 Å². The van der Waals surface area contributed by atoms with Crippen LogP contribution >= 0.6 is 22.6 Å². The van der Waals surface area contributed by atoms with E-state index >= 15 is 0 Å². The summed E-state index contributed by atoms with van der Waals surface area (Å²) in [5, 5.41) is 5.31. The largest absolute Gasteiger partial charge is 0.355 e. The molecule has 1 aliphatic rings. The number of benzene rings is 1. The molecule has 1 heterocycles. The molecular formula is C18H20IN3O4. The second-order valence-electron chi connectivity index (χ2n) is 5.77. The lowest BCUT2D eigenvalue weighted by molar-refractivity contribution is -0.136. The van der Waals surface area contributed by atoms with Gasteiger partial charge >= 0.3 is 0 Å². The van der Waals surface area contributed by atoms with E-state index in [1.54, 1.807) is 18.2 Å². The number of nitrogens with zero attached hydrogens (tertiary/aromatic N) is 1. The number of halogens is 1. The Bertz CT molecular complexity index is 715. The SMILES string of the molecule is O=C(CNC(=O)c1cccc([125I])c1)NCCCCCN1C(=O)C=CC1=O. The molecule has 2 rings (SSSR count). The summed E-state index contributed by atoms with van der Waals surface area (Å²) in [7, 11) is 0. The number of hydrogen-bond acceptors (Lipinski definition) is 4. The van der Waals surface area contributed by atoms with E-state index in [0.29, 0.717) is 25.1 Å². The lowest BCUT2D eigenvalue weighted by Crippen LogP contribution is -2.37. The third-order valence-electron chi connectivity index (χ3n) is 3.78. The summed E-state index contributed by atoms with van der Waals surface area (Å²) in [5.41, 5.74) is 0.519. The molecule has 0 unspecified atom stereocenters. The molecule has 138 valence electrons. The van der Waals surface area contributed by atoms with E-state index in [9.17, 15) is 19.2 Å². The molecule has 0 saturated heterocycles. The van der Waals surface area contributed by atoms with Gasteiger partial charge in [0.25, 0.3) is 17.7 Å². The zero-order valence-electron chi connectivity index (χ0n) is 14.2. The first-order chi connectivity index (χ1) is 12.5. The summed E-state index contributed by atoms with van der Waals surface area (Å²) < 4.78 is 0.952. The number of rotatable bonds is 9. The van der Waals surface area contributed by atoms with Crippen LogP contribution < -0.4 is 10.6 Å². The van der Waals surface area contributed by atoms with E-state index in [0.717, 1.165) is 16.4 Å². The van der Waals surface area contributed by atoms with E-state index in [2.05, 4.69) is 33.2 Å². The van der Waals surface area contributed by atoms with E-state index in [-0.39, 0.29) is 30.2 Å². The van der Waals surface area contributed by atoms with Crippen molar-refractivity contribution >= 4 is 46.2 Å². The lowest BCUT2D eigenvalue weighted by atomic mass is 10.2. The summed E-state index contributed by atoms with van der Waals surface area (Å²) in [6.45, 7) is 0.801. The summed E-state index contributed by atoms with van der Waals surface area (Å²) in [6.07, 6.45) is 4.76. The molecule has 1 aromatic rings.